The van der Waals surface area contributed by atoms with E-state index in [1.807, 2.05) is 0 Å². The summed E-state index contributed by atoms with van der Waals surface area (Å²) in [6.45, 7) is 5.39. The molecule has 3 rings (SSSR count). The summed E-state index contributed by atoms with van der Waals surface area (Å²) in [6.07, 6.45) is 3.67. The largest absolute Gasteiger partial charge is 0.310 e. The second kappa shape index (κ2) is 6.44. The zero-order valence-corrected chi connectivity index (χ0v) is 13.1. The fourth-order valence-corrected chi connectivity index (χ4v) is 3.57. The van der Waals surface area contributed by atoms with Gasteiger partial charge in [-0.1, -0.05) is 61.0 Å². The molecule has 21 heavy (non-hydrogen) atoms. The quantitative estimate of drug-likeness (QED) is 0.872. The average Bonchev–Trinajstić information content (AvgIpc) is 2.52. The van der Waals surface area contributed by atoms with Crippen LogP contribution in [0.1, 0.15) is 41.6 Å². The molecule has 2 aromatic carbocycles. The number of benzene rings is 2. The molecule has 0 amide bonds. The maximum absolute atomic E-state index is 3.72. The molecule has 2 aromatic rings. The van der Waals surface area contributed by atoms with Crippen LogP contribution < -0.4 is 5.32 Å². The molecule has 1 aliphatic carbocycles. The van der Waals surface area contributed by atoms with Gasteiger partial charge >= 0.3 is 0 Å². The van der Waals surface area contributed by atoms with Gasteiger partial charge in [-0.2, -0.15) is 0 Å². The van der Waals surface area contributed by atoms with Crippen molar-refractivity contribution in [2.24, 2.45) is 5.92 Å². The number of hydrogen-bond donors (Lipinski definition) is 1. The highest BCUT2D eigenvalue weighted by Gasteiger charge is 2.28. The minimum absolute atomic E-state index is 0.501. The summed E-state index contributed by atoms with van der Waals surface area (Å²) in [4.78, 5) is 0. The van der Waals surface area contributed by atoms with E-state index in [0.29, 0.717) is 12.0 Å². The Labute approximate surface area is 128 Å². The summed E-state index contributed by atoms with van der Waals surface area (Å²) in [6, 6.07) is 18.5. The molecule has 0 radical (unpaired) electrons. The predicted molar refractivity (Wildman–Crippen MR) is 89.6 cm³/mol. The highest BCUT2D eigenvalue weighted by molar-refractivity contribution is 5.34. The SMILES string of the molecule is CCNC1c2ccccc2CCC1Cc1ccc(C)cc1. The molecule has 1 aliphatic rings. The first kappa shape index (κ1) is 14.3. The zero-order valence-electron chi connectivity index (χ0n) is 13.1. The van der Waals surface area contributed by atoms with Gasteiger partial charge < -0.3 is 5.32 Å². The van der Waals surface area contributed by atoms with Crippen LogP contribution in [0.25, 0.3) is 0 Å². The predicted octanol–water partition coefficient (Wildman–Crippen LogP) is 4.45. The van der Waals surface area contributed by atoms with Gasteiger partial charge in [0.15, 0.2) is 0 Å². The third kappa shape index (κ3) is 3.19. The van der Waals surface area contributed by atoms with Crippen molar-refractivity contribution in [3.63, 3.8) is 0 Å². The molecule has 0 fully saturated rings. The van der Waals surface area contributed by atoms with Gasteiger partial charge in [-0.05, 0) is 55.3 Å². The summed E-state index contributed by atoms with van der Waals surface area (Å²) < 4.78 is 0. The zero-order chi connectivity index (χ0) is 14.7. The molecule has 0 aromatic heterocycles. The highest BCUT2D eigenvalue weighted by Crippen LogP contribution is 2.36. The Morgan fingerprint density at radius 3 is 2.57 bits per heavy atom. The van der Waals surface area contributed by atoms with E-state index in [4.69, 9.17) is 0 Å². The molecule has 0 spiro atoms. The number of aryl methyl sites for hydroxylation is 2. The Morgan fingerprint density at radius 2 is 1.81 bits per heavy atom. The van der Waals surface area contributed by atoms with Crippen LogP contribution in [0.2, 0.25) is 0 Å². The summed E-state index contributed by atoms with van der Waals surface area (Å²) in [7, 11) is 0. The molecular weight excluding hydrogens is 254 g/mol. The van der Waals surface area contributed by atoms with Crippen molar-refractivity contribution in [2.45, 2.75) is 39.2 Å². The van der Waals surface area contributed by atoms with Crippen LogP contribution in [0.4, 0.5) is 0 Å². The highest BCUT2D eigenvalue weighted by atomic mass is 14.9. The fraction of sp³-hybridized carbons (Fsp3) is 0.400. The molecule has 0 bridgehead atoms. The van der Waals surface area contributed by atoms with E-state index < -0.39 is 0 Å². The van der Waals surface area contributed by atoms with Crippen molar-refractivity contribution >= 4 is 0 Å². The van der Waals surface area contributed by atoms with Gasteiger partial charge in [0.2, 0.25) is 0 Å². The number of rotatable bonds is 4. The summed E-state index contributed by atoms with van der Waals surface area (Å²) in [5, 5.41) is 3.72. The minimum Gasteiger partial charge on any atom is -0.310 e. The standard InChI is InChI=1S/C20H25N/c1-3-21-20-18(14-16-10-8-15(2)9-11-16)13-12-17-6-4-5-7-19(17)20/h4-11,18,20-21H,3,12-14H2,1-2H3. The average molecular weight is 279 g/mol. The maximum atomic E-state index is 3.72. The molecule has 0 saturated heterocycles. The third-order valence-electron chi connectivity index (χ3n) is 4.69. The first-order chi connectivity index (χ1) is 10.3. The number of fused-ring (bicyclic) bond motifs is 1. The van der Waals surface area contributed by atoms with Crippen LogP contribution in [-0.2, 0) is 12.8 Å². The summed E-state index contributed by atoms with van der Waals surface area (Å²) in [5.41, 5.74) is 5.86. The van der Waals surface area contributed by atoms with Gasteiger partial charge in [0.05, 0.1) is 0 Å². The molecule has 0 aliphatic heterocycles. The van der Waals surface area contributed by atoms with E-state index in [9.17, 15) is 0 Å². The van der Waals surface area contributed by atoms with E-state index in [2.05, 4.69) is 67.7 Å². The summed E-state index contributed by atoms with van der Waals surface area (Å²) in [5.74, 6) is 0.697. The second-order valence-corrected chi connectivity index (χ2v) is 6.22. The molecule has 1 heteroatoms. The molecule has 2 atom stereocenters. The van der Waals surface area contributed by atoms with Gasteiger partial charge in [0.1, 0.15) is 0 Å². The van der Waals surface area contributed by atoms with Gasteiger partial charge in [0.25, 0.3) is 0 Å². The molecular formula is C20H25N. The Bertz CT molecular complexity index is 585. The Balaban J connectivity index is 1.83. The van der Waals surface area contributed by atoms with E-state index in [-0.39, 0.29) is 0 Å². The molecule has 0 heterocycles. The Kier molecular flexibility index (Phi) is 4.40. The van der Waals surface area contributed by atoms with Crippen molar-refractivity contribution in [2.75, 3.05) is 6.54 Å². The third-order valence-corrected chi connectivity index (χ3v) is 4.69. The van der Waals surface area contributed by atoms with Crippen molar-refractivity contribution in [1.82, 2.24) is 5.32 Å². The Hall–Kier alpha value is -1.60. The van der Waals surface area contributed by atoms with Crippen molar-refractivity contribution in [3.05, 3.63) is 70.8 Å². The van der Waals surface area contributed by atoms with E-state index in [0.717, 1.165) is 6.54 Å². The Morgan fingerprint density at radius 1 is 1.05 bits per heavy atom. The number of nitrogens with one attached hydrogen (secondary N) is 1. The van der Waals surface area contributed by atoms with Crippen molar-refractivity contribution in [3.8, 4) is 0 Å². The van der Waals surface area contributed by atoms with Crippen LogP contribution in [0.15, 0.2) is 48.5 Å². The lowest BCUT2D eigenvalue weighted by Gasteiger charge is -2.34. The number of hydrogen-bond acceptors (Lipinski definition) is 1. The fourth-order valence-electron chi connectivity index (χ4n) is 3.57. The molecule has 1 N–H and O–H groups in total. The first-order valence-corrected chi connectivity index (χ1v) is 8.14. The lowest BCUT2D eigenvalue weighted by atomic mass is 9.77. The lowest BCUT2D eigenvalue weighted by Crippen LogP contribution is -2.33. The van der Waals surface area contributed by atoms with Crippen LogP contribution in [0, 0.1) is 12.8 Å². The van der Waals surface area contributed by atoms with Crippen LogP contribution in [0.3, 0.4) is 0 Å². The van der Waals surface area contributed by atoms with E-state index in [1.54, 1.807) is 0 Å². The van der Waals surface area contributed by atoms with Crippen LogP contribution in [-0.4, -0.2) is 6.54 Å². The van der Waals surface area contributed by atoms with Gasteiger partial charge in [0, 0.05) is 6.04 Å². The topological polar surface area (TPSA) is 12.0 Å². The smallest absolute Gasteiger partial charge is 0.0354 e. The first-order valence-electron chi connectivity index (χ1n) is 8.14. The van der Waals surface area contributed by atoms with Gasteiger partial charge in [-0.25, -0.2) is 0 Å². The molecule has 0 saturated carbocycles. The lowest BCUT2D eigenvalue weighted by molar-refractivity contribution is 0.323. The molecule has 110 valence electrons. The van der Waals surface area contributed by atoms with Crippen molar-refractivity contribution < 1.29 is 0 Å². The monoisotopic (exact) mass is 279 g/mol. The minimum atomic E-state index is 0.501. The molecule has 2 unspecified atom stereocenters. The van der Waals surface area contributed by atoms with Crippen molar-refractivity contribution in [1.29, 1.82) is 0 Å². The summed E-state index contributed by atoms with van der Waals surface area (Å²) >= 11 is 0. The molecule has 1 nitrogen and oxygen atoms in total. The maximum Gasteiger partial charge on any atom is 0.0354 e. The second-order valence-electron chi connectivity index (χ2n) is 6.22. The van der Waals surface area contributed by atoms with Gasteiger partial charge in [-0.15, -0.1) is 0 Å². The van der Waals surface area contributed by atoms with Crippen LogP contribution in [0.5, 0.6) is 0 Å². The van der Waals surface area contributed by atoms with Gasteiger partial charge in [-0.3, -0.25) is 0 Å². The van der Waals surface area contributed by atoms with Crippen LogP contribution >= 0.6 is 0 Å². The van der Waals surface area contributed by atoms with E-state index >= 15 is 0 Å². The normalized spacial score (nSPS) is 21.0. The van der Waals surface area contributed by atoms with E-state index in [1.165, 1.54) is 41.5 Å².